The molecule has 0 heterocycles. The minimum Gasteiger partial charge on any atom is -0.497 e. The van der Waals surface area contributed by atoms with Gasteiger partial charge >= 0.3 is 5.97 Å². The minimum absolute atomic E-state index is 0.157. The van der Waals surface area contributed by atoms with E-state index in [1.165, 1.54) is 7.11 Å². The molecule has 1 N–H and O–H groups in total. The maximum Gasteiger partial charge on any atom is 0.328 e. The van der Waals surface area contributed by atoms with Gasteiger partial charge in [0.05, 0.1) is 14.2 Å². The number of carbonyl (C=O) groups excluding carboxylic acids is 1. The van der Waals surface area contributed by atoms with Crippen molar-refractivity contribution in [1.82, 2.24) is 0 Å². The molecule has 0 aliphatic heterocycles. The van der Waals surface area contributed by atoms with Gasteiger partial charge in [-0.05, 0) is 30.2 Å². The van der Waals surface area contributed by atoms with Crippen LogP contribution in [-0.4, -0.2) is 26.2 Å². The van der Waals surface area contributed by atoms with Gasteiger partial charge in [0, 0.05) is 5.69 Å². The van der Waals surface area contributed by atoms with Crippen LogP contribution in [-0.2, 0) is 9.53 Å². The number of benzene rings is 1. The summed E-state index contributed by atoms with van der Waals surface area (Å²) in [5, 5.41) is 3.15. The zero-order valence-electron chi connectivity index (χ0n) is 10.7. The smallest absolute Gasteiger partial charge is 0.328 e. The molecule has 4 nitrogen and oxygen atoms in total. The first-order chi connectivity index (χ1) is 8.08. The number of esters is 1. The van der Waals surface area contributed by atoms with E-state index >= 15 is 0 Å². The molecule has 0 unspecified atom stereocenters. The molecule has 0 radical (unpaired) electrons. The zero-order valence-corrected chi connectivity index (χ0v) is 10.7. The molecule has 1 aromatic rings. The van der Waals surface area contributed by atoms with Crippen LogP contribution in [0.3, 0.4) is 0 Å². The highest BCUT2D eigenvalue weighted by molar-refractivity contribution is 5.79. The summed E-state index contributed by atoms with van der Waals surface area (Å²) in [4.78, 5) is 11.6. The third-order valence-electron chi connectivity index (χ3n) is 2.53. The molecule has 0 saturated heterocycles. The second-order valence-electron chi connectivity index (χ2n) is 4.12. The SMILES string of the molecule is COC(=O)[C@@H](Nc1ccc(OC)cc1)C(C)C. The molecule has 0 aromatic heterocycles. The number of methoxy groups -OCH3 is 2. The number of hydrogen-bond acceptors (Lipinski definition) is 4. The Bertz CT molecular complexity index is 359. The minimum atomic E-state index is -0.339. The summed E-state index contributed by atoms with van der Waals surface area (Å²) < 4.78 is 9.84. The van der Waals surface area contributed by atoms with Crippen molar-refractivity contribution >= 4 is 11.7 Å². The molecule has 1 aromatic carbocycles. The van der Waals surface area contributed by atoms with E-state index in [-0.39, 0.29) is 17.9 Å². The lowest BCUT2D eigenvalue weighted by atomic mass is 10.0. The summed E-state index contributed by atoms with van der Waals surface area (Å²) in [6.45, 7) is 3.94. The molecule has 4 heteroatoms. The Morgan fingerprint density at radius 1 is 1.18 bits per heavy atom. The topological polar surface area (TPSA) is 47.6 Å². The first-order valence-electron chi connectivity index (χ1n) is 5.57. The number of hydrogen-bond donors (Lipinski definition) is 1. The van der Waals surface area contributed by atoms with E-state index in [9.17, 15) is 4.79 Å². The predicted molar refractivity (Wildman–Crippen MR) is 67.3 cm³/mol. The van der Waals surface area contributed by atoms with E-state index in [4.69, 9.17) is 9.47 Å². The van der Waals surface area contributed by atoms with Crippen molar-refractivity contribution in [3.63, 3.8) is 0 Å². The molecule has 0 amide bonds. The standard InChI is InChI=1S/C13H19NO3/c1-9(2)12(13(15)17-4)14-10-5-7-11(16-3)8-6-10/h5-9,12,14H,1-4H3/t12-/m0/s1. The Balaban J connectivity index is 2.75. The molecule has 17 heavy (non-hydrogen) atoms. The van der Waals surface area contributed by atoms with Crippen LogP contribution in [0.2, 0.25) is 0 Å². The molecule has 94 valence electrons. The molecule has 1 atom stereocenters. The lowest BCUT2D eigenvalue weighted by Gasteiger charge is -2.21. The van der Waals surface area contributed by atoms with Crippen molar-refractivity contribution in [1.29, 1.82) is 0 Å². The fraction of sp³-hybridized carbons (Fsp3) is 0.462. The van der Waals surface area contributed by atoms with Crippen LogP contribution in [0.15, 0.2) is 24.3 Å². The van der Waals surface area contributed by atoms with E-state index in [1.54, 1.807) is 7.11 Å². The quantitative estimate of drug-likeness (QED) is 0.798. The molecular formula is C13H19NO3. The van der Waals surface area contributed by atoms with Crippen LogP contribution in [0.25, 0.3) is 0 Å². The van der Waals surface area contributed by atoms with E-state index < -0.39 is 0 Å². The second-order valence-corrected chi connectivity index (χ2v) is 4.12. The third-order valence-corrected chi connectivity index (χ3v) is 2.53. The van der Waals surface area contributed by atoms with E-state index in [0.717, 1.165) is 11.4 Å². The van der Waals surface area contributed by atoms with Crippen LogP contribution in [0.4, 0.5) is 5.69 Å². The zero-order chi connectivity index (χ0) is 12.8. The van der Waals surface area contributed by atoms with Gasteiger partial charge in [0.15, 0.2) is 0 Å². The summed E-state index contributed by atoms with van der Waals surface area (Å²) in [5.74, 6) is 0.690. The highest BCUT2D eigenvalue weighted by Gasteiger charge is 2.22. The first-order valence-corrected chi connectivity index (χ1v) is 5.57. The molecule has 0 bridgehead atoms. The van der Waals surface area contributed by atoms with Crippen LogP contribution >= 0.6 is 0 Å². The molecule has 0 aliphatic carbocycles. The van der Waals surface area contributed by atoms with Crippen molar-refractivity contribution in [2.75, 3.05) is 19.5 Å². The summed E-state index contributed by atoms with van der Waals surface area (Å²) in [6, 6.07) is 7.09. The molecule has 0 spiro atoms. The Hall–Kier alpha value is -1.71. The Morgan fingerprint density at radius 2 is 1.76 bits per heavy atom. The highest BCUT2D eigenvalue weighted by Crippen LogP contribution is 2.18. The lowest BCUT2D eigenvalue weighted by Crippen LogP contribution is -2.35. The Kier molecular flexibility index (Phi) is 4.82. The predicted octanol–water partition coefficient (Wildman–Crippen LogP) is 2.30. The van der Waals surface area contributed by atoms with Crippen molar-refractivity contribution in [2.24, 2.45) is 5.92 Å². The van der Waals surface area contributed by atoms with Gasteiger partial charge in [-0.25, -0.2) is 4.79 Å². The second kappa shape index (κ2) is 6.13. The molecule has 0 saturated carbocycles. The molecular weight excluding hydrogens is 218 g/mol. The van der Waals surface area contributed by atoms with Crippen LogP contribution in [0, 0.1) is 5.92 Å². The monoisotopic (exact) mass is 237 g/mol. The summed E-state index contributed by atoms with van der Waals surface area (Å²) >= 11 is 0. The lowest BCUT2D eigenvalue weighted by molar-refractivity contribution is -0.142. The van der Waals surface area contributed by atoms with Gasteiger partial charge in [-0.3, -0.25) is 0 Å². The van der Waals surface area contributed by atoms with Gasteiger partial charge in [0.2, 0.25) is 0 Å². The highest BCUT2D eigenvalue weighted by atomic mass is 16.5. The molecule has 1 rings (SSSR count). The van der Waals surface area contributed by atoms with Crippen LogP contribution in [0.1, 0.15) is 13.8 Å². The number of rotatable bonds is 5. The molecule has 0 aliphatic rings. The van der Waals surface area contributed by atoms with Gasteiger partial charge in [-0.2, -0.15) is 0 Å². The van der Waals surface area contributed by atoms with Crippen molar-refractivity contribution < 1.29 is 14.3 Å². The summed E-state index contributed by atoms with van der Waals surface area (Å²) in [5.41, 5.74) is 0.870. The first kappa shape index (κ1) is 13.4. The van der Waals surface area contributed by atoms with Crippen LogP contribution < -0.4 is 10.1 Å². The van der Waals surface area contributed by atoms with Gasteiger partial charge in [-0.15, -0.1) is 0 Å². The fourth-order valence-corrected chi connectivity index (χ4v) is 1.49. The largest absolute Gasteiger partial charge is 0.497 e. The van der Waals surface area contributed by atoms with E-state index in [0.29, 0.717) is 0 Å². The average molecular weight is 237 g/mol. The Morgan fingerprint density at radius 3 is 2.18 bits per heavy atom. The van der Waals surface area contributed by atoms with Crippen molar-refractivity contribution in [3.05, 3.63) is 24.3 Å². The number of anilines is 1. The van der Waals surface area contributed by atoms with Gasteiger partial charge < -0.3 is 14.8 Å². The maximum absolute atomic E-state index is 11.6. The number of ether oxygens (including phenoxy) is 2. The number of carbonyl (C=O) groups is 1. The van der Waals surface area contributed by atoms with Gasteiger partial charge in [0.1, 0.15) is 11.8 Å². The van der Waals surface area contributed by atoms with Crippen molar-refractivity contribution in [2.45, 2.75) is 19.9 Å². The van der Waals surface area contributed by atoms with Crippen LogP contribution in [0.5, 0.6) is 5.75 Å². The molecule has 0 fully saturated rings. The maximum atomic E-state index is 11.6. The normalized spacial score (nSPS) is 12.1. The average Bonchev–Trinajstić information content (AvgIpc) is 2.35. The third kappa shape index (κ3) is 3.66. The Labute approximate surface area is 102 Å². The van der Waals surface area contributed by atoms with E-state index in [2.05, 4.69) is 5.32 Å². The summed E-state index contributed by atoms with van der Waals surface area (Å²) in [6.07, 6.45) is 0. The number of nitrogens with one attached hydrogen (secondary N) is 1. The summed E-state index contributed by atoms with van der Waals surface area (Å²) in [7, 11) is 3.02. The van der Waals surface area contributed by atoms with Gasteiger partial charge in [0.25, 0.3) is 0 Å². The van der Waals surface area contributed by atoms with Gasteiger partial charge in [-0.1, -0.05) is 13.8 Å². The van der Waals surface area contributed by atoms with Crippen molar-refractivity contribution in [3.8, 4) is 5.75 Å². The fourth-order valence-electron chi connectivity index (χ4n) is 1.49. The van der Waals surface area contributed by atoms with E-state index in [1.807, 2.05) is 38.1 Å².